The molecule has 1 aromatic carbocycles. The number of amides is 1. The van der Waals surface area contributed by atoms with Crippen LogP contribution in [0.1, 0.15) is 13.3 Å². The maximum atomic E-state index is 11.9. The van der Waals surface area contributed by atoms with Crippen LogP contribution in [0.5, 0.6) is 5.75 Å². The van der Waals surface area contributed by atoms with Crippen LogP contribution in [0.4, 0.5) is 0 Å². The van der Waals surface area contributed by atoms with Crippen molar-refractivity contribution < 1.29 is 27.9 Å². The number of hydrogen-bond acceptors (Lipinski definition) is 5. The molecule has 1 amide bonds. The van der Waals surface area contributed by atoms with E-state index in [0.29, 0.717) is 5.75 Å². The molecule has 1 unspecified atom stereocenters. The second-order valence-electron chi connectivity index (χ2n) is 5.36. The normalized spacial score (nSPS) is 12.5. The number of sulfone groups is 1. The van der Waals surface area contributed by atoms with Crippen LogP contribution >= 0.6 is 0 Å². The van der Waals surface area contributed by atoms with Gasteiger partial charge in [-0.3, -0.25) is 9.59 Å². The number of aliphatic carboxylic acids is 1. The van der Waals surface area contributed by atoms with Gasteiger partial charge >= 0.3 is 5.97 Å². The van der Waals surface area contributed by atoms with Crippen LogP contribution in [0.3, 0.4) is 0 Å². The van der Waals surface area contributed by atoms with E-state index in [0.717, 1.165) is 6.26 Å². The van der Waals surface area contributed by atoms with Gasteiger partial charge in [-0.15, -0.1) is 0 Å². The van der Waals surface area contributed by atoms with Gasteiger partial charge in [0.25, 0.3) is 0 Å². The molecule has 0 saturated carbocycles. The lowest BCUT2D eigenvalue weighted by Crippen LogP contribution is -2.34. The lowest BCUT2D eigenvalue weighted by atomic mass is 10.2. The van der Waals surface area contributed by atoms with Crippen LogP contribution in [-0.2, 0) is 19.4 Å². The first-order valence-electron chi connectivity index (χ1n) is 7.01. The first kappa shape index (κ1) is 19.0. The molecule has 0 aliphatic rings. The molecule has 1 aromatic rings. The average molecular weight is 343 g/mol. The van der Waals surface area contributed by atoms with Crippen LogP contribution in [-0.4, -0.2) is 56.8 Å². The topological polar surface area (TPSA) is 101 Å². The van der Waals surface area contributed by atoms with Crippen LogP contribution in [0.25, 0.3) is 0 Å². The minimum absolute atomic E-state index is 0.108. The summed E-state index contributed by atoms with van der Waals surface area (Å²) in [4.78, 5) is 24.2. The monoisotopic (exact) mass is 343 g/mol. The number of carbonyl (C=O) groups is 2. The van der Waals surface area contributed by atoms with E-state index >= 15 is 0 Å². The fraction of sp³-hybridized carbons (Fsp3) is 0.467. The fourth-order valence-electron chi connectivity index (χ4n) is 1.82. The van der Waals surface area contributed by atoms with E-state index in [-0.39, 0.29) is 30.4 Å². The summed E-state index contributed by atoms with van der Waals surface area (Å²) in [5.74, 6) is -1.34. The second kappa shape index (κ2) is 7.96. The summed E-state index contributed by atoms with van der Waals surface area (Å²) in [5, 5.41) is 8.81. The SMILES string of the molecule is CC(CN(C)C(=O)CCOc1ccc(S(C)(=O)=O)cc1)C(=O)O. The Morgan fingerprint density at radius 3 is 2.30 bits per heavy atom. The highest BCUT2D eigenvalue weighted by Gasteiger charge is 2.17. The highest BCUT2D eigenvalue weighted by molar-refractivity contribution is 7.90. The van der Waals surface area contributed by atoms with Crippen molar-refractivity contribution in [2.75, 3.05) is 26.5 Å². The van der Waals surface area contributed by atoms with Crippen molar-refractivity contribution in [1.29, 1.82) is 0 Å². The van der Waals surface area contributed by atoms with Crippen molar-refractivity contribution in [3.8, 4) is 5.75 Å². The standard InChI is InChI=1S/C15H21NO6S/c1-11(15(18)19)10-16(2)14(17)8-9-22-12-4-6-13(7-5-12)23(3,20)21/h4-7,11H,8-10H2,1-3H3,(H,18,19). The van der Waals surface area contributed by atoms with Gasteiger partial charge < -0.3 is 14.7 Å². The molecular weight excluding hydrogens is 322 g/mol. The number of carboxylic acids is 1. The van der Waals surface area contributed by atoms with E-state index in [2.05, 4.69) is 0 Å². The average Bonchev–Trinajstić information content (AvgIpc) is 2.46. The van der Waals surface area contributed by atoms with Gasteiger partial charge in [-0.1, -0.05) is 6.92 Å². The molecule has 1 N–H and O–H groups in total. The predicted octanol–water partition coefficient (Wildman–Crippen LogP) is 1.04. The second-order valence-corrected chi connectivity index (χ2v) is 7.37. The molecule has 0 spiro atoms. The van der Waals surface area contributed by atoms with Crippen LogP contribution in [0.2, 0.25) is 0 Å². The smallest absolute Gasteiger partial charge is 0.308 e. The minimum atomic E-state index is -3.25. The minimum Gasteiger partial charge on any atom is -0.493 e. The number of benzene rings is 1. The van der Waals surface area contributed by atoms with Gasteiger partial charge in [0, 0.05) is 19.8 Å². The number of ether oxygens (including phenoxy) is 1. The summed E-state index contributed by atoms with van der Waals surface area (Å²) in [5.41, 5.74) is 0. The van der Waals surface area contributed by atoms with Gasteiger partial charge in [0.1, 0.15) is 5.75 Å². The third-order valence-electron chi connectivity index (χ3n) is 3.23. The lowest BCUT2D eigenvalue weighted by Gasteiger charge is -2.19. The fourth-order valence-corrected chi connectivity index (χ4v) is 2.45. The number of hydrogen-bond donors (Lipinski definition) is 1. The first-order chi connectivity index (χ1) is 10.6. The summed E-state index contributed by atoms with van der Waals surface area (Å²) in [6.07, 6.45) is 1.23. The number of carboxylic acid groups (broad SMARTS) is 1. The van der Waals surface area contributed by atoms with Gasteiger partial charge in [-0.25, -0.2) is 8.42 Å². The lowest BCUT2D eigenvalue weighted by molar-refractivity contribution is -0.142. The molecule has 1 atom stereocenters. The van der Waals surface area contributed by atoms with Gasteiger partial charge in [-0.2, -0.15) is 0 Å². The molecule has 0 saturated heterocycles. The highest BCUT2D eigenvalue weighted by atomic mass is 32.2. The Morgan fingerprint density at radius 1 is 1.26 bits per heavy atom. The van der Waals surface area contributed by atoms with Crippen LogP contribution in [0.15, 0.2) is 29.2 Å². The van der Waals surface area contributed by atoms with Crippen LogP contribution in [0, 0.1) is 5.92 Å². The molecule has 128 valence electrons. The Hall–Kier alpha value is -2.09. The Kier molecular flexibility index (Phi) is 6.56. The molecule has 0 aromatic heterocycles. The van der Waals surface area contributed by atoms with E-state index in [1.54, 1.807) is 7.05 Å². The zero-order valence-electron chi connectivity index (χ0n) is 13.4. The molecule has 0 aliphatic heterocycles. The summed E-state index contributed by atoms with van der Waals surface area (Å²) >= 11 is 0. The molecule has 23 heavy (non-hydrogen) atoms. The molecule has 0 heterocycles. The Bertz CT molecular complexity index is 653. The summed E-state index contributed by atoms with van der Waals surface area (Å²) in [7, 11) is -1.70. The predicted molar refractivity (Wildman–Crippen MR) is 84.1 cm³/mol. The summed E-state index contributed by atoms with van der Waals surface area (Å²) < 4.78 is 28.0. The van der Waals surface area contributed by atoms with Crippen molar-refractivity contribution in [3.63, 3.8) is 0 Å². The maximum Gasteiger partial charge on any atom is 0.308 e. The van der Waals surface area contributed by atoms with Gasteiger partial charge in [-0.05, 0) is 24.3 Å². The third kappa shape index (κ3) is 6.27. The van der Waals surface area contributed by atoms with Gasteiger partial charge in [0.2, 0.25) is 5.91 Å². The summed E-state index contributed by atoms with van der Waals surface area (Å²) in [6.45, 7) is 1.80. The van der Waals surface area contributed by atoms with E-state index in [9.17, 15) is 18.0 Å². The molecule has 0 bridgehead atoms. The van der Waals surface area contributed by atoms with Crippen molar-refractivity contribution >= 4 is 21.7 Å². The van der Waals surface area contributed by atoms with Crippen molar-refractivity contribution in [3.05, 3.63) is 24.3 Å². The Balaban J connectivity index is 2.44. The zero-order valence-corrected chi connectivity index (χ0v) is 14.2. The molecule has 8 heteroatoms. The van der Waals surface area contributed by atoms with Crippen molar-refractivity contribution in [2.45, 2.75) is 18.2 Å². The third-order valence-corrected chi connectivity index (χ3v) is 4.36. The van der Waals surface area contributed by atoms with Gasteiger partial charge in [0.15, 0.2) is 9.84 Å². The first-order valence-corrected chi connectivity index (χ1v) is 8.90. The molecular formula is C15H21NO6S. The Labute approximate surface area is 135 Å². The van der Waals surface area contributed by atoms with E-state index < -0.39 is 21.7 Å². The Morgan fingerprint density at radius 2 is 1.83 bits per heavy atom. The molecule has 1 rings (SSSR count). The quantitative estimate of drug-likeness (QED) is 0.757. The number of nitrogens with zero attached hydrogens (tertiary/aromatic N) is 1. The molecule has 0 radical (unpaired) electrons. The largest absolute Gasteiger partial charge is 0.493 e. The number of carbonyl (C=O) groups excluding carboxylic acids is 1. The van der Waals surface area contributed by atoms with E-state index in [1.807, 2.05) is 0 Å². The molecule has 0 aliphatic carbocycles. The van der Waals surface area contributed by atoms with Crippen LogP contribution < -0.4 is 4.74 Å². The zero-order chi connectivity index (χ0) is 17.6. The maximum absolute atomic E-state index is 11.9. The van der Waals surface area contributed by atoms with Crippen molar-refractivity contribution in [2.24, 2.45) is 5.92 Å². The van der Waals surface area contributed by atoms with E-state index in [4.69, 9.17) is 9.84 Å². The number of rotatable bonds is 8. The van der Waals surface area contributed by atoms with Gasteiger partial charge in [0.05, 0.1) is 23.8 Å². The van der Waals surface area contributed by atoms with E-state index in [1.165, 1.54) is 36.1 Å². The summed E-state index contributed by atoms with van der Waals surface area (Å²) in [6, 6.07) is 5.93. The van der Waals surface area contributed by atoms with Crippen molar-refractivity contribution in [1.82, 2.24) is 4.90 Å². The molecule has 0 fully saturated rings. The molecule has 7 nitrogen and oxygen atoms in total. The highest BCUT2D eigenvalue weighted by Crippen LogP contribution is 2.16.